The van der Waals surface area contributed by atoms with Crippen molar-refractivity contribution in [3.63, 3.8) is 0 Å². The van der Waals surface area contributed by atoms with Gasteiger partial charge in [0, 0.05) is 22.6 Å². The first-order chi connectivity index (χ1) is 14.8. The molecule has 6 heteroatoms. The van der Waals surface area contributed by atoms with Gasteiger partial charge >= 0.3 is 7.12 Å². The summed E-state index contributed by atoms with van der Waals surface area (Å²) in [6.07, 6.45) is 1.79. The van der Waals surface area contributed by atoms with Gasteiger partial charge in [-0.25, -0.2) is 9.97 Å². The molecule has 1 aliphatic heterocycles. The van der Waals surface area contributed by atoms with E-state index in [9.17, 15) is 0 Å². The molecule has 1 fully saturated rings. The Hall–Kier alpha value is -3.09. The summed E-state index contributed by atoms with van der Waals surface area (Å²) in [5.74, 6) is 0.595. The molecule has 0 atom stereocenters. The van der Waals surface area contributed by atoms with E-state index in [1.54, 1.807) is 6.20 Å². The first-order valence-electron chi connectivity index (χ1n) is 10.5. The topological polar surface area (TPSA) is 57.1 Å². The van der Waals surface area contributed by atoms with Crippen LogP contribution in [-0.2, 0) is 9.31 Å². The van der Waals surface area contributed by atoms with Crippen LogP contribution in [0.2, 0.25) is 0 Å². The molecular formula is C25H24BN3O2. The molecule has 0 spiro atoms. The summed E-state index contributed by atoms with van der Waals surface area (Å²) >= 11 is 0. The average Bonchev–Trinajstić information content (AvgIpc) is 3.00. The van der Waals surface area contributed by atoms with E-state index < -0.39 is 7.12 Å². The van der Waals surface area contributed by atoms with Crippen molar-refractivity contribution in [2.24, 2.45) is 0 Å². The van der Waals surface area contributed by atoms with Crippen LogP contribution in [0.25, 0.3) is 33.7 Å². The number of para-hydroxylation sites is 1. The number of pyridine rings is 1. The van der Waals surface area contributed by atoms with Gasteiger partial charge in [-0.3, -0.25) is 4.98 Å². The smallest absolute Gasteiger partial charge is 0.399 e. The van der Waals surface area contributed by atoms with Gasteiger partial charge in [0.25, 0.3) is 0 Å². The average molecular weight is 409 g/mol. The highest BCUT2D eigenvalue weighted by atomic mass is 16.7. The van der Waals surface area contributed by atoms with Crippen molar-refractivity contribution in [2.45, 2.75) is 38.9 Å². The van der Waals surface area contributed by atoms with Gasteiger partial charge in [-0.2, -0.15) is 0 Å². The lowest BCUT2D eigenvalue weighted by Gasteiger charge is -2.32. The van der Waals surface area contributed by atoms with E-state index in [1.165, 1.54) is 0 Å². The highest BCUT2D eigenvalue weighted by Crippen LogP contribution is 2.36. The highest BCUT2D eigenvalue weighted by molar-refractivity contribution is 6.62. The zero-order valence-electron chi connectivity index (χ0n) is 18.2. The Morgan fingerprint density at radius 1 is 0.742 bits per heavy atom. The number of rotatable bonds is 3. The SMILES string of the molecule is CC1(C)OB(c2ccc(-c3nc(-c4ccccc4)c4ccccc4n3)nc2)OC1(C)C. The lowest BCUT2D eigenvalue weighted by Crippen LogP contribution is -2.41. The molecule has 5 nitrogen and oxygen atoms in total. The van der Waals surface area contributed by atoms with E-state index in [0.29, 0.717) is 11.5 Å². The fourth-order valence-electron chi connectivity index (χ4n) is 3.66. The molecule has 3 heterocycles. The predicted molar refractivity (Wildman–Crippen MR) is 124 cm³/mol. The summed E-state index contributed by atoms with van der Waals surface area (Å²) in [4.78, 5) is 14.3. The molecule has 2 aromatic carbocycles. The zero-order chi connectivity index (χ0) is 21.6. The number of hydrogen-bond acceptors (Lipinski definition) is 5. The molecule has 0 aliphatic carbocycles. The van der Waals surface area contributed by atoms with E-state index >= 15 is 0 Å². The van der Waals surface area contributed by atoms with Gasteiger partial charge in [0.15, 0.2) is 5.82 Å². The lowest BCUT2D eigenvalue weighted by molar-refractivity contribution is 0.00578. The minimum Gasteiger partial charge on any atom is -0.399 e. The number of aromatic nitrogens is 3. The van der Waals surface area contributed by atoms with Crippen LogP contribution in [0.3, 0.4) is 0 Å². The fourth-order valence-corrected chi connectivity index (χ4v) is 3.66. The molecule has 0 unspecified atom stereocenters. The minimum atomic E-state index is -0.441. The van der Waals surface area contributed by atoms with Gasteiger partial charge in [0.05, 0.1) is 22.4 Å². The van der Waals surface area contributed by atoms with Gasteiger partial charge in [0.1, 0.15) is 5.69 Å². The van der Waals surface area contributed by atoms with Crippen LogP contribution in [-0.4, -0.2) is 33.3 Å². The first kappa shape index (κ1) is 19.9. The van der Waals surface area contributed by atoms with E-state index in [1.807, 2.05) is 76.2 Å². The second kappa shape index (κ2) is 7.25. The Labute approximate surface area is 182 Å². The summed E-state index contributed by atoms with van der Waals surface area (Å²) in [6, 6.07) is 22.1. The normalized spacial score (nSPS) is 17.2. The van der Waals surface area contributed by atoms with Gasteiger partial charge < -0.3 is 9.31 Å². The maximum atomic E-state index is 6.14. The quantitative estimate of drug-likeness (QED) is 0.461. The molecular weight excluding hydrogens is 385 g/mol. The third-order valence-corrected chi connectivity index (χ3v) is 6.19. The minimum absolute atomic E-state index is 0.387. The van der Waals surface area contributed by atoms with Crippen LogP contribution in [0.1, 0.15) is 27.7 Å². The van der Waals surface area contributed by atoms with Crippen molar-refractivity contribution < 1.29 is 9.31 Å². The van der Waals surface area contributed by atoms with E-state index in [2.05, 4.69) is 23.2 Å². The summed E-state index contributed by atoms with van der Waals surface area (Å²) in [5, 5.41) is 1.02. The summed E-state index contributed by atoms with van der Waals surface area (Å²) in [7, 11) is -0.441. The van der Waals surface area contributed by atoms with Crippen molar-refractivity contribution >= 4 is 23.5 Å². The Kier molecular flexibility index (Phi) is 4.65. The molecule has 5 rings (SSSR count). The number of benzene rings is 2. The maximum absolute atomic E-state index is 6.14. The van der Waals surface area contributed by atoms with Crippen molar-refractivity contribution in [3.05, 3.63) is 72.9 Å². The summed E-state index contributed by atoms with van der Waals surface area (Å²) in [6.45, 7) is 8.18. The number of fused-ring (bicyclic) bond motifs is 1. The molecule has 31 heavy (non-hydrogen) atoms. The standard InChI is InChI=1S/C25H24BN3O2/c1-24(2)25(3,4)31-26(30-24)18-14-15-21(27-16-18)23-28-20-13-9-8-12-19(20)22(29-23)17-10-6-5-7-11-17/h5-16H,1-4H3. The molecule has 1 saturated heterocycles. The predicted octanol–water partition coefficient (Wildman–Crippen LogP) is 4.66. The van der Waals surface area contributed by atoms with Crippen molar-refractivity contribution in [2.75, 3.05) is 0 Å². The molecule has 0 amide bonds. The fraction of sp³-hybridized carbons (Fsp3) is 0.240. The van der Waals surface area contributed by atoms with Crippen LogP contribution < -0.4 is 5.46 Å². The molecule has 0 saturated carbocycles. The Bertz CT molecular complexity index is 1220. The van der Waals surface area contributed by atoms with Gasteiger partial charge in [-0.1, -0.05) is 54.6 Å². The molecule has 1 aliphatic rings. The number of nitrogens with zero attached hydrogens (tertiary/aromatic N) is 3. The zero-order valence-corrected chi connectivity index (χ0v) is 18.2. The molecule has 0 radical (unpaired) electrons. The van der Waals surface area contributed by atoms with Crippen LogP contribution in [0.4, 0.5) is 0 Å². The van der Waals surface area contributed by atoms with Crippen LogP contribution >= 0.6 is 0 Å². The Morgan fingerprint density at radius 2 is 1.42 bits per heavy atom. The monoisotopic (exact) mass is 409 g/mol. The van der Waals surface area contributed by atoms with Crippen LogP contribution in [0, 0.1) is 0 Å². The number of hydrogen-bond donors (Lipinski definition) is 0. The second-order valence-electron chi connectivity index (χ2n) is 8.84. The summed E-state index contributed by atoms with van der Waals surface area (Å²) in [5.41, 5.74) is 3.66. The van der Waals surface area contributed by atoms with Gasteiger partial charge in [-0.15, -0.1) is 0 Å². The van der Waals surface area contributed by atoms with E-state index in [0.717, 1.165) is 27.6 Å². The van der Waals surface area contributed by atoms with Crippen molar-refractivity contribution in [1.82, 2.24) is 15.0 Å². The van der Waals surface area contributed by atoms with Crippen LogP contribution in [0.15, 0.2) is 72.9 Å². The largest absolute Gasteiger partial charge is 0.496 e. The van der Waals surface area contributed by atoms with E-state index in [-0.39, 0.29) is 11.2 Å². The molecule has 4 aromatic rings. The Balaban J connectivity index is 1.53. The Morgan fingerprint density at radius 3 is 2.10 bits per heavy atom. The lowest BCUT2D eigenvalue weighted by atomic mass is 9.80. The van der Waals surface area contributed by atoms with Crippen LogP contribution in [0.5, 0.6) is 0 Å². The first-order valence-corrected chi connectivity index (χ1v) is 10.5. The highest BCUT2D eigenvalue weighted by Gasteiger charge is 2.51. The van der Waals surface area contributed by atoms with Gasteiger partial charge in [-0.05, 0) is 39.8 Å². The van der Waals surface area contributed by atoms with Gasteiger partial charge in [0.2, 0.25) is 0 Å². The van der Waals surface area contributed by atoms with Crippen molar-refractivity contribution in [1.29, 1.82) is 0 Å². The van der Waals surface area contributed by atoms with E-state index in [4.69, 9.17) is 19.3 Å². The second-order valence-corrected chi connectivity index (χ2v) is 8.84. The molecule has 154 valence electrons. The third-order valence-electron chi connectivity index (χ3n) is 6.19. The van der Waals surface area contributed by atoms with Crippen molar-refractivity contribution in [3.8, 4) is 22.8 Å². The summed E-state index contributed by atoms with van der Waals surface area (Å²) < 4.78 is 12.3. The molecule has 0 bridgehead atoms. The molecule has 2 aromatic heterocycles. The third kappa shape index (κ3) is 3.52. The maximum Gasteiger partial charge on any atom is 0.496 e. The molecule has 0 N–H and O–H groups in total.